The molecule has 3 aromatic rings. The molecule has 2 amide bonds. The fourth-order valence-corrected chi connectivity index (χ4v) is 5.96. The maximum Gasteiger partial charge on any atom is 0.222 e. The molecule has 4 rings (SSSR count). The first-order valence-electron chi connectivity index (χ1n) is 14.4. The molecule has 1 atom stereocenters. The van der Waals surface area contributed by atoms with Gasteiger partial charge in [-0.05, 0) is 44.0 Å². The zero-order valence-electron chi connectivity index (χ0n) is 23.9. The number of hydrogen-bond donors (Lipinski definition) is 0. The lowest BCUT2D eigenvalue weighted by Crippen LogP contribution is -2.55. The molecule has 2 heterocycles. The second-order valence-corrected chi connectivity index (χ2v) is 11.3. The van der Waals surface area contributed by atoms with Crippen molar-refractivity contribution in [3.8, 4) is 22.8 Å². The Morgan fingerprint density at radius 2 is 1.75 bits per heavy atom. The summed E-state index contributed by atoms with van der Waals surface area (Å²) in [5.74, 6) is 2.64. The lowest BCUT2D eigenvalue weighted by Gasteiger charge is -2.40. The van der Waals surface area contributed by atoms with Gasteiger partial charge < -0.3 is 14.5 Å². The van der Waals surface area contributed by atoms with Gasteiger partial charge in [-0.15, -0.1) is 10.2 Å². The Kier molecular flexibility index (Phi) is 11.0. The van der Waals surface area contributed by atoms with Crippen molar-refractivity contribution in [3.63, 3.8) is 0 Å². The minimum absolute atomic E-state index is 0.0604. The molecule has 1 saturated heterocycles. The van der Waals surface area contributed by atoms with Gasteiger partial charge in [-0.25, -0.2) is 0 Å². The van der Waals surface area contributed by atoms with Crippen LogP contribution in [0.3, 0.4) is 0 Å². The Balaban J connectivity index is 1.31. The van der Waals surface area contributed by atoms with Crippen LogP contribution in [0.5, 0.6) is 5.75 Å². The topological polar surface area (TPSA) is 80.6 Å². The van der Waals surface area contributed by atoms with Crippen molar-refractivity contribution in [2.24, 2.45) is 0 Å². The Hall–Kier alpha value is -3.33. The van der Waals surface area contributed by atoms with E-state index in [0.29, 0.717) is 32.5 Å². The summed E-state index contributed by atoms with van der Waals surface area (Å²) in [4.78, 5) is 29.5. The highest BCUT2D eigenvalue weighted by molar-refractivity contribution is 7.99. The fourth-order valence-electron chi connectivity index (χ4n) is 5.07. The summed E-state index contributed by atoms with van der Waals surface area (Å²) in [6.45, 7) is 6.08. The third-order valence-electron chi connectivity index (χ3n) is 7.29. The van der Waals surface area contributed by atoms with Crippen LogP contribution in [0.2, 0.25) is 0 Å². The SMILES string of the molecule is CCCCCCC(=O)N1CCN(C(=O)CCCSc2nnc(-c3cccc(OC)c3)n2-c2ccccc2)CC1C. The molecule has 1 unspecified atom stereocenters. The molecule has 0 saturated carbocycles. The number of ether oxygens (including phenoxy) is 1. The number of thioether (sulfide) groups is 1. The van der Waals surface area contributed by atoms with Crippen molar-refractivity contribution < 1.29 is 14.3 Å². The normalized spacial score (nSPS) is 15.3. The standard InChI is InChI=1S/C31H41N5O3S/c1-4-5-6-10-17-29(38)35-20-19-34(23-24(35)2)28(37)18-12-21-40-31-33-32-30(25-13-11-16-27(22-25)39-3)36(31)26-14-8-7-9-15-26/h7-9,11,13-16,22,24H,4-6,10,12,17-21,23H2,1-3H3. The van der Waals surface area contributed by atoms with Crippen LogP contribution in [0, 0.1) is 0 Å². The van der Waals surface area contributed by atoms with Gasteiger partial charge in [0.25, 0.3) is 0 Å². The molecular formula is C31H41N5O3S. The van der Waals surface area contributed by atoms with Gasteiger partial charge in [0, 0.05) is 55.5 Å². The molecular weight excluding hydrogens is 522 g/mol. The van der Waals surface area contributed by atoms with E-state index in [9.17, 15) is 9.59 Å². The summed E-state index contributed by atoms with van der Waals surface area (Å²) in [6.07, 6.45) is 6.24. The van der Waals surface area contributed by atoms with Gasteiger partial charge in [-0.2, -0.15) is 0 Å². The highest BCUT2D eigenvalue weighted by Gasteiger charge is 2.29. The van der Waals surface area contributed by atoms with E-state index in [-0.39, 0.29) is 17.9 Å². The molecule has 1 aliphatic heterocycles. The number of para-hydroxylation sites is 1. The Morgan fingerprint density at radius 3 is 2.50 bits per heavy atom. The zero-order chi connectivity index (χ0) is 28.3. The number of nitrogens with zero attached hydrogens (tertiary/aromatic N) is 5. The van der Waals surface area contributed by atoms with E-state index in [1.807, 2.05) is 64.4 Å². The van der Waals surface area contributed by atoms with Crippen molar-refractivity contribution in [2.75, 3.05) is 32.5 Å². The molecule has 0 N–H and O–H groups in total. The smallest absolute Gasteiger partial charge is 0.222 e. The van der Waals surface area contributed by atoms with Crippen molar-refractivity contribution in [1.82, 2.24) is 24.6 Å². The maximum absolute atomic E-state index is 13.0. The first-order valence-corrected chi connectivity index (χ1v) is 15.4. The number of carbonyl (C=O) groups is 2. The molecule has 8 nitrogen and oxygen atoms in total. The Bertz CT molecular complexity index is 1250. The average molecular weight is 564 g/mol. The van der Waals surface area contributed by atoms with Gasteiger partial charge in [-0.3, -0.25) is 14.2 Å². The quantitative estimate of drug-likeness (QED) is 0.192. The Labute approximate surface area is 242 Å². The van der Waals surface area contributed by atoms with Crippen LogP contribution in [-0.4, -0.2) is 74.9 Å². The number of hydrogen-bond acceptors (Lipinski definition) is 6. The number of methoxy groups -OCH3 is 1. The summed E-state index contributed by atoms with van der Waals surface area (Å²) >= 11 is 1.61. The van der Waals surface area contributed by atoms with Crippen LogP contribution in [0.15, 0.2) is 59.8 Å². The van der Waals surface area contributed by atoms with Gasteiger partial charge in [0.1, 0.15) is 5.75 Å². The molecule has 1 fully saturated rings. The molecule has 0 aliphatic carbocycles. The molecule has 214 valence electrons. The molecule has 1 aromatic heterocycles. The minimum atomic E-state index is 0.0604. The van der Waals surface area contributed by atoms with E-state index in [0.717, 1.165) is 53.0 Å². The van der Waals surface area contributed by atoms with Crippen LogP contribution in [0.4, 0.5) is 0 Å². The number of amides is 2. The second-order valence-electron chi connectivity index (χ2n) is 10.2. The highest BCUT2D eigenvalue weighted by atomic mass is 32.2. The molecule has 0 spiro atoms. The monoisotopic (exact) mass is 563 g/mol. The fraction of sp³-hybridized carbons (Fsp3) is 0.484. The van der Waals surface area contributed by atoms with Gasteiger partial charge in [0.15, 0.2) is 11.0 Å². The zero-order valence-corrected chi connectivity index (χ0v) is 24.7. The van der Waals surface area contributed by atoms with E-state index in [1.165, 1.54) is 12.8 Å². The van der Waals surface area contributed by atoms with Crippen LogP contribution < -0.4 is 4.74 Å². The minimum Gasteiger partial charge on any atom is -0.497 e. The number of aromatic nitrogens is 3. The van der Waals surface area contributed by atoms with E-state index in [2.05, 4.69) is 28.6 Å². The lowest BCUT2D eigenvalue weighted by molar-refractivity contribution is -0.142. The summed E-state index contributed by atoms with van der Waals surface area (Å²) in [7, 11) is 1.65. The van der Waals surface area contributed by atoms with Gasteiger partial charge in [-0.1, -0.05) is 68.3 Å². The summed E-state index contributed by atoms with van der Waals surface area (Å²) in [6, 6.07) is 17.9. The highest BCUT2D eigenvalue weighted by Crippen LogP contribution is 2.30. The largest absolute Gasteiger partial charge is 0.497 e. The van der Waals surface area contributed by atoms with Crippen molar-refractivity contribution in [2.45, 2.75) is 70.0 Å². The van der Waals surface area contributed by atoms with Gasteiger partial charge in [0.2, 0.25) is 11.8 Å². The molecule has 2 aromatic carbocycles. The third kappa shape index (κ3) is 7.65. The summed E-state index contributed by atoms with van der Waals surface area (Å²) in [5, 5.41) is 9.80. The molecule has 0 bridgehead atoms. The molecule has 1 aliphatic rings. The molecule has 40 heavy (non-hydrogen) atoms. The lowest BCUT2D eigenvalue weighted by atomic mass is 10.1. The number of benzene rings is 2. The van der Waals surface area contributed by atoms with E-state index in [4.69, 9.17) is 4.74 Å². The maximum atomic E-state index is 13.0. The average Bonchev–Trinajstić information content (AvgIpc) is 3.41. The van der Waals surface area contributed by atoms with Crippen molar-refractivity contribution in [1.29, 1.82) is 0 Å². The van der Waals surface area contributed by atoms with Crippen LogP contribution in [-0.2, 0) is 9.59 Å². The number of carbonyl (C=O) groups excluding carboxylic acids is 2. The van der Waals surface area contributed by atoms with Crippen molar-refractivity contribution in [3.05, 3.63) is 54.6 Å². The van der Waals surface area contributed by atoms with Crippen LogP contribution in [0.1, 0.15) is 58.8 Å². The first-order chi connectivity index (χ1) is 19.5. The van der Waals surface area contributed by atoms with Crippen LogP contribution in [0.25, 0.3) is 17.1 Å². The molecule has 0 radical (unpaired) electrons. The summed E-state index contributed by atoms with van der Waals surface area (Å²) < 4.78 is 7.47. The van der Waals surface area contributed by atoms with Gasteiger partial charge >= 0.3 is 0 Å². The Morgan fingerprint density at radius 1 is 0.950 bits per heavy atom. The number of rotatable bonds is 13. The predicted octanol–water partition coefficient (Wildman–Crippen LogP) is 5.84. The number of piperazine rings is 1. The third-order valence-corrected chi connectivity index (χ3v) is 8.30. The summed E-state index contributed by atoms with van der Waals surface area (Å²) in [5.41, 5.74) is 1.90. The van der Waals surface area contributed by atoms with E-state index in [1.54, 1.807) is 18.9 Å². The van der Waals surface area contributed by atoms with E-state index >= 15 is 0 Å². The second kappa shape index (κ2) is 14.9. The first kappa shape index (κ1) is 29.6. The van der Waals surface area contributed by atoms with E-state index < -0.39 is 0 Å². The van der Waals surface area contributed by atoms with Crippen molar-refractivity contribution >= 4 is 23.6 Å². The molecule has 9 heteroatoms. The predicted molar refractivity (Wildman–Crippen MR) is 160 cm³/mol. The number of unbranched alkanes of at least 4 members (excludes halogenated alkanes) is 3. The van der Waals surface area contributed by atoms with Crippen LogP contribution >= 0.6 is 11.8 Å². The van der Waals surface area contributed by atoms with Gasteiger partial charge in [0.05, 0.1) is 7.11 Å².